The van der Waals surface area contributed by atoms with Crippen LogP contribution in [0.15, 0.2) is 48.5 Å². The van der Waals surface area contributed by atoms with E-state index in [1.165, 1.54) is 19.3 Å². The monoisotopic (exact) mass is 362 g/mol. The molecule has 1 saturated heterocycles. The van der Waals surface area contributed by atoms with Crippen molar-refractivity contribution in [1.82, 2.24) is 9.97 Å². The van der Waals surface area contributed by atoms with Gasteiger partial charge in [0.05, 0.1) is 12.1 Å². The van der Waals surface area contributed by atoms with E-state index in [1.807, 2.05) is 30.3 Å². The number of anilines is 2. The van der Waals surface area contributed by atoms with Crippen LogP contribution >= 0.6 is 0 Å². The third-order valence-corrected chi connectivity index (χ3v) is 4.98. The van der Waals surface area contributed by atoms with Crippen molar-refractivity contribution in [3.05, 3.63) is 54.1 Å². The Hall–Kier alpha value is -2.82. The second kappa shape index (κ2) is 8.25. The highest BCUT2D eigenvalue weighted by atomic mass is 16.5. The normalized spacial score (nSPS) is 14.3. The lowest BCUT2D eigenvalue weighted by Gasteiger charge is -2.27. The van der Waals surface area contributed by atoms with Crippen LogP contribution < -0.4 is 15.0 Å². The Labute approximate surface area is 160 Å². The van der Waals surface area contributed by atoms with Crippen molar-refractivity contribution >= 4 is 22.7 Å². The summed E-state index contributed by atoms with van der Waals surface area (Å²) in [6.07, 6.45) is 3.72. The molecule has 140 valence electrons. The number of ether oxygens (including phenoxy) is 1. The number of aryl methyl sites for hydroxylation is 1. The van der Waals surface area contributed by atoms with Crippen molar-refractivity contribution in [2.75, 3.05) is 36.5 Å². The van der Waals surface area contributed by atoms with Crippen LogP contribution in [0.25, 0.3) is 10.9 Å². The van der Waals surface area contributed by atoms with Crippen LogP contribution in [0, 0.1) is 6.92 Å². The lowest BCUT2D eigenvalue weighted by molar-refractivity contribution is 0.330. The summed E-state index contributed by atoms with van der Waals surface area (Å²) < 4.78 is 5.90. The van der Waals surface area contributed by atoms with Gasteiger partial charge in [-0.2, -0.15) is 4.98 Å². The fourth-order valence-corrected chi connectivity index (χ4v) is 3.48. The Bertz CT molecular complexity index is 906. The maximum Gasteiger partial charge on any atom is 0.227 e. The highest BCUT2D eigenvalue weighted by Crippen LogP contribution is 2.25. The van der Waals surface area contributed by atoms with Crippen LogP contribution in [0.4, 0.5) is 11.8 Å². The number of hydrogen-bond acceptors (Lipinski definition) is 5. The van der Waals surface area contributed by atoms with Gasteiger partial charge in [-0.1, -0.05) is 30.3 Å². The van der Waals surface area contributed by atoms with Crippen molar-refractivity contribution in [2.24, 2.45) is 0 Å². The molecule has 1 aromatic heterocycles. The molecule has 3 aromatic rings. The number of para-hydroxylation sites is 2. The number of piperidine rings is 1. The summed E-state index contributed by atoms with van der Waals surface area (Å²) in [5.74, 6) is 2.64. The first kappa shape index (κ1) is 17.6. The van der Waals surface area contributed by atoms with E-state index in [4.69, 9.17) is 14.7 Å². The Morgan fingerprint density at radius 2 is 1.74 bits per heavy atom. The number of nitrogens with one attached hydrogen (secondary N) is 1. The van der Waals surface area contributed by atoms with E-state index in [2.05, 4.69) is 35.3 Å². The first-order valence-corrected chi connectivity index (χ1v) is 9.75. The Morgan fingerprint density at radius 3 is 2.59 bits per heavy atom. The lowest BCUT2D eigenvalue weighted by atomic mass is 10.1. The summed E-state index contributed by atoms with van der Waals surface area (Å²) in [7, 11) is 0. The van der Waals surface area contributed by atoms with Gasteiger partial charge in [0.2, 0.25) is 5.95 Å². The molecule has 1 aliphatic heterocycles. The second-order valence-corrected chi connectivity index (χ2v) is 6.98. The number of rotatable bonds is 6. The van der Waals surface area contributed by atoms with Crippen LogP contribution in [-0.2, 0) is 0 Å². The van der Waals surface area contributed by atoms with E-state index in [0.29, 0.717) is 13.2 Å². The maximum absolute atomic E-state index is 5.90. The third kappa shape index (κ3) is 4.13. The molecule has 1 aliphatic rings. The van der Waals surface area contributed by atoms with Crippen LogP contribution in [0.3, 0.4) is 0 Å². The molecule has 0 unspecified atom stereocenters. The van der Waals surface area contributed by atoms with E-state index in [1.54, 1.807) is 0 Å². The minimum Gasteiger partial charge on any atom is -0.491 e. The molecule has 4 rings (SSSR count). The van der Waals surface area contributed by atoms with Gasteiger partial charge in [-0.05, 0) is 49.9 Å². The molecule has 0 bridgehead atoms. The number of aromatic nitrogens is 2. The average Bonchev–Trinajstić information content (AvgIpc) is 2.73. The van der Waals surface area contributed by atoms with E-state index in [-0.39, 0.29) is 0 Å². The SMILES string of the molecule is Cc1ccccc1OCCNc1nc(N2CCCCC2)nc2ccccc12. The molecule has 5 heteroatoms. The lowest BCUT2D eigenvalue weighted by Crippen LogP contribution is -2.31. The zero-order valence-corrected chi connectivity index (χ0v) is 15.8. The molecular weight excluding hydrogens is 336 g/mol. The van der Waals surface area contributed by atoms with Gasteiger partial charge in [0, 0.05) is 18.5 Å². The second-order valence-electron chi connectivity index (χ2n) is 6.98. The molecule has 0 saturated carbocycles. The van der Waals surface area contributed by atoms with Crippen molar-refractivity contribution in [3.8, 4) is 5.75 Å². The van der Waals surface area contributed by atoms with Gasteiger partial charge in [0.15, 0.2) is 0 Å². The standard InChI is InChI=1S/C22H26N4O/c1-17-9-3-6-12-20(17)27-16-13-23-21-18-10-4-5-11-19(18)24-22(25-21)26-14-7-2-8-15-26/h3-6,9-12H,2,7-8,13-16H2,1H3,(H,23,24,25). The van der Waals surface area contributed by atoms with Gasteiger partial charge in [0.25, 0.3) is 0 Å². The Morgan fingerprint density at radius 1 is 0.963 bits per heavy atom. The first-order valence-electron chi connectivity index (χ1n) is 9.75. The number of hydrogen-bond donors (Lipinski definition) is 1. The predicted molar refractivity (Wildman–Crippen MR) is 111 cm³/mol. The summed E-state index contributed by atoms with van der Waals surface area (Å²) in [6.45, 7) is 5.41. The molecule has 1 fully saturated rings. The molecule has 2 aromatic carbocycles. The fraction of sp³-hybridized carbons (Fsp3) is 0.364. The van der Waals surface area contributed by atoms with Crippen LogP contribution in [0.2, 0.25) is 0 Å². The highest BCUT2D eigenvalue weighted by molar-refractivity contribution is 5.90. The third-order valence-electron chi connectivity index (χ3n) is 4.98. The smallest absolute Gasteiger partial charge is 0.227 e. The number of nitrogens with zero attached hydrogens (tertiary/aromatic N) is 3. The minimum absolute atomic E-state index is 0.586. The highest BCUT2D eigenvalue weighted by Gasteiger charge is 2.16. The topological polar surface area (TPSA) is 50.3 Å². The van der Waals surface area contributed by atoms with Gasteiger partial charge < -0.3 is 15.0 Å². The molecule has 0 atom stereocenters. The predicted octanol–water partition coefficient (Wildman–Crippen LogP) is 4.42. The molecular formula is C22H26N4O. The molecule has 2 heterocycles. The van der Waals surface area contributed by atoms with Gasteiger partial charge >= 0.3 is 0 Å². The molecule has 1 N–H and O–H groups in total. The van der Waals surface area contributed by atoms with Crippen LogP contribution in [-0.4, -0.2) is 36.2 Å². The van der Waals surface area contributed by atoms with E-state index in [9.17, 15) is 0 Å². The molecule has 0 spiro atoms. The van der Waals surface area contributed by atoms with Gasteiger partial charge in [-0.25, -0.2) is 4.98 Å². The number of fused-ring (bicyclic) bond motifs is 1. The maximum atomic E-state index is 5.90. The van der Waals surface area contributed by atoms with Gasteiger partial charge in [-0.15, -0.1) is 0 Å². The molecule has 27 heavy (non-hydrogen) atoms. The summed E-state index contributed by atoms with van der Waals surface area (Å²) >= 11 is 0. The summed E-state index contributed by atoms with van der Waals surface area (Å²) in [4.78, 5) is 11.9. The minimum atomic E-state index is 0.586. The average molecular weight is 362 g/mol. The summed E-state index contributed by atoms with van der Waals surface area (Å²) in [5.41, 5.74) is 2.13. The Kier molecular flexibility index (Phi) is 5.37. The zero-order valence-electron chi connectivity index (χ0n) is 15.8. The van der Waals surface area contributed by atoms with Crippen molar-refractivity contribution in [3.63, 3.8) is 0 Å². The largest absolute Gasteiger partial charge is 0.491 e. The first-order chi connectivity index (χ1) is 13.3. The van der Waals surface area contributed by atoms with Crippen LogP contribution in [0.1, 0.15) is 24.8 Å². The van der Waals surface area contributed by atoms with Crippen LogP contribution in [0.5, 0.6) is 5.75 Å². The zero-order chi connectivity index (χ0) is 18.5. The quantitative estimate of drug-likeness (QED) is 0.658. The van der Waals surface area contributed by atoms with E-state index >= 15 is 0 Å². The number of benzene rings is 2. The Balaban J connectivity index is 1.49. The molecule has 0 aliphatic carbocycles. The molecule has 5 nitrogen and oxygen atoms in total. The molecule has 0 amide bonds. The molecule has 0 radical (unpaired) electrons. The van der Waals surface area contributed by atoms with E-state index < -0.39 is 0 Å². The van der Waals surface area contributed by atoms with Gasteiger partial charge in [-0.3, -0.25) is 0 Å². The van der Waals surface area contributed by atoms with Crippen molar-refractivity contribution in [1.29, 1.82) is 0 Å². The van der Waals surface area contributed by atoms with E-state index in [0.717, 1.165) is 47.1 Å². The summed E-state index contributed by atoms with van der Waals surface area (Å²) in [6, 6.07) is 16.3. The summed E-state index contributed by atoms with van der Waals surface area (Å²) in [5, 5.41) is 4.50. The van der Waals surface area contributed by atoms with Crippen molar-refractivity contribution < 1.29 is 4.74 Å². The van der Waals surface area contributed by atoms with Gasteiger partial charge in [0.1, 0.15) is 18.2 Å². The fourth-order valence-electron chi connectivity index (χ4n) is 3.48. The van der Waals surface area contributed by atoms with Crippen molar-refractivity contribution in [2.45, 2.75) is 26.2 Å².